The van der Waals surface area contributed by atoms with Gasteiger partial charge in [-0.2, -0.15) is 0 Å². The van der Waals surface area contributed by atoms with Gasteiger partial charge in [-0.3, -0.25) is 9.59 Å². The number of methoxy groups -OCH3 is 1. The van der Waals surface area contributed by atoms with Gasteiger partial charge in [0, 0.05) is 18.7 Å². The van der Waals surface area contributed by atoms with Crippen LogP contribution in [0.25, 0.3) is 0 Å². The van der Waals surface area contributed by atoms with Crippen molar-refractivity contribution in [1.82, 2.24) is 10.1 Å². The average molecular weight is 480 g/mol. The molecule has 0 spiro atoms. The van der Waals surface area contributed by atoms with Crippen LogP contribution in [0.4, 0.5) is 11.5 Å². The number of hydrogen-bond donors (Lipinski definition) is 2. The number of benzene rings is 1. The number of aromatic nitrogens is 2. The van der Waals surface area contributed by atoms with Gasteiger partial charge in [0.25, 0.3) is 5.91 Å². The van der Waals surface area contributed by atoms with Crippen molar-refractivity contribution in [3.05, 3.63) is 59.1 Å². The summed E-state index contributed by atoms with van der Waals surface area (Å²) in [6.07, 6.45) is 3.28. The minimum Gasteiger partial charge on any atom is -0.493 e. The Bertz CT molecular complexity index is 1190. The lowest BCUT2D eigenvalue weighted by atomic mass is 9.97. The van der Waals surface area contributed by atoms with E-state index in [4.69, 9.17) is 19.7 Å². The molecule has 2 aromatic heterocycles. The van der Waals surface area contributed by atoms with E-state index < -0.39 is 0 Å². The number of amides is 2. The summed E-state index contributed by atoms with van der Waals surface area (Å²) >= 11 is 0. The molecule has 0 aliphatic carbocycles. The number of nitrogens with zero attached hydrogens (tertiary/aromatic N) is 3. The maximum atomic E-state index is 12.8. The van der Waals surface area contributed by atoms with Crippen molar-refractivity contribution in [3.63, 3.8) is 0 Å². The van der Waals surface area contributed by atoms with Crippen LogP contribution in [0.3, 0.4) is 0 Å². The van der Waals surface area contributed by atoms with Gasteiger partial charge in [-0.05, 0) is 57.0 Å². The zero-order valence-corrected chi connectivity index (χ0v) is 20.0. The van der Waals surface area contributed by atoms with E-state index in [0.29, 0.717) is 35.1 Å². The first-order valence-corrected chi connectivity index (χ1v) is 11.4. The number of rotatable bonds is 8. The number of nitrogens with one attached hydrogen (secondary N) is 1. The molecule has 1 aromatic carbocycles. The van der Waals surface area contributed by atoms with Gasteiger partial charge < -0.3 is 29.9 Å². The molecule has 0 radical (unpaired) electrons. The van der Waals surface area contributed by atoms with Crippen LogP contribution in [0.2, 0.25) is 0 Å². The predicted molar refractivity (Wildman–Crippen MR) is 130 cm³/mol. The lowest BCUT2D eigenvalue weighted by Crippen LogP contribution is -2.41. The van der Waals surface area contributed by atoms with E-state index in [1.807, 2.05) is 24.8 Å². The Hall–Kier alpha value is -4.08. The van der Waals surface area contributed by atoms with Crippen LogP contribution in [0.5, 0.6) is 11.5 Å². The van der Waals surface area contributed by atoms with Crippen LogP contribution in [-0.4, -0.2) is 42.2 Å². The number of ether oxygens (including phenoxy) is 2. The normalized spacial score (nSPS) is 15.5. The SMILES string of the molecule is COc1cc(C(=O)Nc2ccc(N3CCCC(C(N)=O)C3)nc2)ccc1OCc1c(C)noc1C. The van der Waals surface area contributed by atoms with E-state index in [2.05, 4.69) is 15.5 Å². The molecule has 1 aliphatic rings. The van der Waals surface area contributed by atoms with Crippen molar-refractivity contribution >= 4 is 23.3 Å². The molecule has 3 heterocycles. The zero-order valence-electron chi connectivity index (χ0n) is 20.0. The van der Waals surface area contributed by atoms with Crippen molar-refractivity contribution in [2.45, 2.75) is 33.3 Å². The highest BCUT2D eigenvalue weighted by Gasteiger charge is 2.24. The molecular formula is C25H29N5O5. The van der Waals surface area contributed by atoms with Gasteiger partial charge in [-0.15, -0.1) is 0 Å². The summed E-state index contributed by atoms with van der Waals surface area (Å²) in [5.41, 5.74) is 8.08. The lowest BCUT2D eigenvalue weighted by molar-refractivity contribution is -0.122. The first-order chi connectivity index (χ1) is 16.9. The van der Waals surface area contributed by atoms with Gasteiger partial charge in [0.1, 0.15) is 18.2 Å². The Labute approximate surface area is 203 Å². The molecule has 0 bridgehead atoms. The molecule has 1 atom stereocenters. The van der Waals surface area contributed by atoms with Crippen LogP contribution in [0, 0.1) is 19.8 Å². The Morgan fingerprint density at radius 1 is 1.23 bits per heavy atom. The standard InChI is InChI=1S/C25H29N5O5/c1-15-20(16(2)35-29-15)14-34-21-8-6-17(11-22(21)33-3)25(32)28-19-7-9-23(27-12-19)30-10-4-5-18(13-30)24(26)31/h6-9,11-12,18H,4-5,10,13-14H2,1-3H3,(H2,26,31)(H,28,32). The second-order valence-electron chi connectivity index (χ2n) is 8.50. The Kier molecular flexibility index (Phi) is 7.19. The Morgan fingerprint density at radius 2 is 2.06 bits per heavy atom. The van der Waals surface area contributed by atoms with E-state index in [-0.39, 0.29) is 24.3 Å². The second kappa shape index (κ2) is 10.5. The molecular weight excluding hydrogens is 450 g/mol. The molecule has 10 heteroatoms. The first kappa shape index (κ1) is 24.1. The van der Waals surface area contributed by atoms with Crippen molar-refractivity contribution in [2.24, 2.45) is 11.7 Å². The van der Waals surface area contributed by atoms with Gasteiger partial charge in [-0.25, -0.2) is 4.98 Å². The molecule has 3 aromatic rings. The molecule has 1 unspecified atom stereocenters. The number of carbonyl (C=O) groups excluding carboxylic acids is 2. The minimum atomic E-state index is -0.304. The highest BCUT2D eigenvalue weighted by Crippen LogP contribution is 2.30. The fourth-order valence-electron chi connectivity index (χ4n) is 4.05. The number of primary amides is 1. The fraction of sp³-hybridized carbons (Fsp3) is 0.360. The summed E-state index contributed by atoms with van der Waals surface area (Å²) in [6.45, 7) is 5.32. The number of aryl methyl sites for hydroxylation is 2. The molecule has 1 aliphatic heterocycles. The third-order valence-corrected chi connectivity index (χ3v) is 6.13. The third kappa shape index (κ3) is 5.53. The highest BCUT2D eigenvalue weighted by atomic mass is 16.5. The number of hydrogen-bond acceptors (Lipinski definition) is 8. The maximum absolute atomic E-state index is 12.8. The Morgan fingerprint density at radius 3 is 2.71 bits per heavy atom. The molecule has 3 N–H and O–H groups in total. The van der Waals surface area contributed by atoms with Crippen LogP contribution >= 0.6 is 0 Å². The molecule has 184 valence electrons. The van der Waals surface area contributed by atoms with Crippen molar-refractivity contribution in [1.29, 1.82) is 0 Å². The number of carbonyl (C=O) groups is 2. The number of piperidine rings is 1. The number of pyridine rings is 1. The summed E-state index contributed by atoms with van der Waals surface area (Å²) in [7, 11) is 1.52. The average Bonchev–Trinajstić information content (AvgIpc) is 3.19. The van der Waals surface area contributed by atoms with Crippen LogP contribution < -0.4 is 25.4 Å². The topological polar surface area (TPSA) is 133 Å². The van der Waals surface area contributed by atoms with E-state index >= 15 is 0 Å². The zero-order chi connectivity index (χ0) is 24.9. The summed E-state index contributed by atoms with van der Waals surface area (Å²) in [5.74, 6) is 1.63. The van der Waals surface area contributed by atoms with Crippen LogP contribution in [0.15, 0.2) is 41.1 Å². The second-order valence-corrected chi connectivity index (χ2v) is 8.50. The first-order valence-electron chi connectivity index (χ1n) is 11.4. The van der Waals surface area contributed by atoms with Gasteiger partial charge in [0.2, 0.25) is 5.91 Å². The maximum Gasteiger partial charge on any atom is 0.255 e. The summed E-state index contributed by atoms with van der Waals surface area (Å²) < 4.78 is 16.5. The van der Waals surface area contributed by atoms with Gasteiger partial charge >= 0.3 is 0 Å². The monoisotopic (exact) mass is 479 g/mol. The number of nitrogens with two attached hydrogens (primary N) is 1. The largest absolute Gasteiger partial charge is 0.493 e. The summed E-state index contributed by atoms with van der Waals surface area (Å²) in [4.78, 5) is 30.8. The molecule has 35 heavy (non-hydrogen) atoms. The molecule has 4 rings (SSSR count). The van der Waals surface area contributed by atoms with Crippen LogP contribution in [-0.2, 0) is 11.4 Å². The quantitative estimate of drug-likeness (QED) is 0.503. The minimum absolute atomic E-state index is 0.170. The van der Waals surface area contributed by atoms with Crippen LogP contribution in [0.1, 0.15) is 40.2 Å². The fourth-order valence-corrected chi connectivity index (χ4v) is 4.05. The third-order valence-electron chi connectivity index (χ3n) is 6.13. The van der Waals surface area contributed by atoms with Crippen molar-refractivity contribution in [2.75, 3.05) is 30.4 Å². The van der Waals surface area contributed by atoms with Gasteiger partial charge in [-0.1, -0.05) is 5.16 Å². The number of anilines is 2. The Balaban J connectivity index is 1.40. The van der Waals surface area contributed by atoms with E-state index in [0.717, 1.165) is 36.5 Å². The van der Waals surface area contributed by atoms with E-state index in [1.54, 1.807) is 30.5 Å². The predicted octanol–water partition coefficient (Wildman–Crippen LogP) is 3.23. The van der Waals surface area contributed by atoms with Gasteiger partial charge in [0.15, 0.2) is 11.5 Å². The van der Waals surface area contributed by atoms with Gasteiger partial charge in [0.05, 0.1) is 36.2 Å². The molecule has 1 fully saturated rings. The molecule has 2 amide bonds. The highest BCUT2D eigenvalue weighted by molar-refractivity contribution is 6.04. The molecule has 0 saturated carbocycles. The summed E-state index contributed by atoms with van der Waals surface area (Å²) in [5, 5.41) is 6.77. The van der Waals surface area contributed by atoms with Crippen molar-refractivity contribution in [3.8, 4) is 11.5 Å². The van der Waals surface area contributed by atoms with Crippen molar-refractivity contribution < 1.29 is 23.6 Å². The van der Waals surface area contributed by atoms with E-state index in [1.165, 1.54) is 7.11 Å². The van der Waals surface area contributed by atoms with E-state index in [9.17, 15) is 9.59 Å². The molecule has 10 nitrogen and oxygen atoms in total. The summed E-state index contributed by atoms with van der Waals surface area (Å²) in [6, 6.07) is 8.59. The lowest BCUT2D eigenvalue weighted by Gasteiger charge is -2.32. The molecule has 1 saturated heterocycles. The smallest absolute Gasteiger partial charge is 0.255 e.